The first-order chi connectivity index (χ1) is 10.2. The van der Waals surface area contributed by atoms with Gasteiger partial charge >= 0.3 is 0 Å². The molecule has 0 spiro atoms. The second-order valence-electron chi connectivity index (χ2n) is 6.08. The minimum Gasteiger partial charge on any atom is -0.292 e. The van der Waals surface area contributed by atoms with E-state index in [1.165, 1.54) is 32.3 Å². The number of nitrogens with zero attached hydrogens (tertiary/aromatic N) is 1. The summed E-state index contributed by atoms with van der Waals surface area (Å²) in [6, 6.07) is 16.3. The van der Waals surface area contributed by atoms with Crippen molar-refractivity contribution >= 4 is 22.1 Å². The van der Waals surface area contributed by atoms with Crippen LogP contribution in [-0.4, -0.2) is 10.9 Å². The van der Waals surface area contributed by atoms with Crippen LogP contribution >= 0.6 is 11.3 Å². The van der Waals surface area contributed by atoms with Crippen molar-refractivity contribution in [2.24, 2.45) is 0 Å². The summed E-state index contributed by atoms with van der Waals surface area (Å²) in [6.07, 6.45) is 0. The predicted octanol–water partition coefficient (Wildman–Crippen LogP) is 5.29. The Hall–Kier alpha value is -1.64. The number of hydrogen-bond acceptors (Lipinski definition) is 2. The van der Waals surface area contributed by atoms with Gasteiger partial charge in [0.05, 0.1) is 0 Å². The maximum Gasteiger partial charge on any atom is 0.0346 e. The van der Waals surface area contributed by atoms with E-state index < -0.39 is 0 Å². The molecular weight excluding hydrogens is 274 g/mol. The molecule has 0 saturated heterocycles. The quantitative estimate of drug-likeness (QED) is 0.620. The normalized spacial score (nSPS) is 15.0. The summed E-state index contributed by atoms with van der Waals surface area (Å²) in [5, 5.41) is 5.03. The highest BCUT2D eigenvalue weighted by Crippen LogP contribution is 2.38. The van der Waals surface area contributed by atoms with Crippen molar-refractivity contribution in [3.63, 3.8) is 0 Å². The zero-order chi connectivity index (χ0) is 14.4. The van der Waals surface area contributed by atoms with Crippen molar-refractivity contribution < 1.29 is 0 Å². The molecule has 0 aliphatic carbocycles. The summed E-state index contributed by atoms with van der Waals surface area (Å²) in [5.74, 6) is 0. The summed E-state index contributed by atoms with van der Waals surface area (Å²) in [7, 11) is 0. The molecule has 106 valence electrons. The molecule has 0 bridgehead atoms. The van der Waals surface area contributed by atoms with E-state index in [-0.39, 0.29) is 0 Å². The van der Waals surface area contributed by atoms with Gasteiger partial charge in [0, 0.05) is 24.0 Å². The van der Waals surface area contributed by atoms with E-state index in [1.54, 1.807) is 0 Å². The van der Waals surface area contributed by atoms with Crippen LogP contribution in [0.5, 0.6) is 0 Å². The fraction of sp³-hybridized carbons (Fsp3) is 0.263. The van der Waals surface area contributed by atoms with Crippen molar-refractivity contribution in [1.82, 2.24) is 4.90 Å². The number of rotatable bonds is 2. The Morgan fingerprint density at radius 2 is 1.90 bits per heavy atom. The van der Waals surface area contributed by atoms with Crippen molar-refractivity contribution in [3.05, 3.63) is 59.0 Å². The lowest BCUT2D eigenvalue weighted by Crippen LogP contribution is -2.32. The highest BCUT2D eigenvalue weighted by molar-refractivity contribution is 7.13. The lowest BCUT2D eigenvalue weighted by atomic mass is 9.90. The summed E-state index contributed by atoms with van der Waals surface area (Å²) < 4.78 is 0. The molecule has 0 radical (unpaired) electrons. The summed E-state index contributed by atoms with van der Waals surface area (Å²) >= 11 is 1.84. The van der Waals surface area contributed by atoms with Crippen LogP contribution in [0.15, 0.2) is 47.8 Å². The molecular formula is C19H19NS. The highest BCUT2D eigenvalue weighted by atomic mass is 32.1. The Kier molecular flexibility index (Phi) is 3.09. The van der Waals surface area contributed by atoms with Crippen molar-refractivity contribution in [2.45, 2.75) is 33.0 Å². The van der Waals surface area contributed by atoms with Gasteiger partial charge in [0.1, 0.15) is 0 Å². The Morgan fingerprint density at radius 1 is 1.00 bits per heavy atom. The summed E-state index contributed by atoms with van der Waals surface area (Å²) in [6.45, 7) is 6.70. The second kappa shape index (κ2) is 4.97. The highest BCUT2D eigenvalue weighted by Gasteiger charge is 2.23. The van der Waals surface area contributed by atoms with Gasteiger partial charge in [-0.15, -0.1) is 11.3 Å². The van der Waals surface area contributed by atoms with Gasteiger partial charge in [-0.25, -0.2) is 0 Å². The van der Waals surface area contributed by atoms with E-state index >= 15 is 0 Å². The smallest absolute Gasteiger partial charge is 0.0346 e. The zero-order valence-electron chi connectivity index (χ0n) is 12.5. The first-order valence-corrected chi connectivity index (χ1v) is 8.43. The molecule has 3 aromatic rings. The molecule has 2 heterocycles. The zero-order valence-corrected chi connectivity index (χ0v) is 13.3. The van der Waals surface area contributed by atoms with Crippen LogP contribution in [0.1, 0.15) is 25.0 Å². The van der Waals surface area contributed by atoms with Crippen LogP contribution in [0.3, 0.4) is 0 Å². The fourth-order valence-electron chi connectivity index (χ4n) is 3.34. The molecule has 2 heteroatoms. The van der Waals surface area contributed by atoms with Gasteiger partial charge in [-0.05, 0) is 52.8 Å². The molecule has 0 saturated carbocycles. The molecule has 0 amide bonds. The number of benzene rings is 2. The Bertz CT molecular complexity index is 787. The Balaban J connectivity index is 1.99. The van der Waals surface area contributed by atoms with E-state index in [0.29, 0.717) is 6.04 Å². The van der Waals surface area contributed by atoms with Crippen LogP contribution in [0.4, 0.5) is 0 Å². The molecule has 2 aromatic carbocycles. The van der Waals surface area contributed by atoms with Crippen LogP contribution < -0.4 is 0 Å². The molecule has 0 fully saturated rings. The van der Waals surface area contributed by atoms with Gasteiger partial charge in [-0.3, -0.25) is 4.90 Å². The van der Waals surface area contributed by atoms with E-state index in [2.05, 4.69) is 66.6 Å². The molecule has 0 N–H and O–H groups in total. The molecule has 1 nitrogen and oxygen atoms in total. The van der Waals surface area contributed by atoms with E-state index in [4.69, 9.17) is 0 Å². The van der Waals surface area contributed by atoms with Crippen LogP contribution in [-0.2, 0) is 13.1 Å². The van der Waals surface area contributed by atoms with Gasteiger partial charge in [0.25, 0.3) is 0 Å². The molecule has 21 heavy (non-hydrogen) atoms. The van der Waals surface area contributed by atoms with Crippen molar-refractivity contribution in [1.29, 1.82) is 0 Å². The molecule has 1 aromatic heterocycles. The van der Waals surface area contributed by atoms with Gasteiger partial charge in [-0.1, -0.05) is 36.4 Å². The molecule has 4 rings (SSSR count). The lowest BCUT2D eigenvalue weighted by Gasteiger charge is -2.33. The summed E-state index contributed by atoms with van der Waals surface area (Å²) in [5.41, 5.74) is 4.39. The number of hydrogen-bond donors (Lipinski definition) is 0. The van der Waals surface area contributed by atoms with E-state index in [0.717, 1.165) is 13.1 Å². The molecule has 0 atom stereocenters. The SMILES string of the molecule is CC(C)N1Cc2cccc3ccc(-c4cccs4)c(c23)C1. The van der Waals surface area contributed by atoms with Gasteiger partial charge in [0.15, 0.2) is 0 Å². The third-order valence-electron chi connectivity index (χ3n) is 4.49. The first kappa shape index (κ1) is 13.1. The summed E-state index contributed by atoms with van der Waals surface area (Å²) in [4.78, 5) is 3.95. The fourth-order valence-corrected chi connectivity index (χ4v) is 4.12. The average Bonchev–Trinajstić information content (AvgIpc) is 3.01. The molecule has 0 unspecified atom stereocenters. The third-order valence-corrected chi connectivity index (χ3v) is 5.39. The monoisotopic (exact) mass is 293 g/mol. The number of thiophene rings is 1. The second-order valence-corrected chi connectivity index (χ2v) is 7.03. The largest absolute Gasteiger partial charge is 0.292 e. The van der Waals surface area contributed by atoms with Crippen LogP contribution in [0.2, 0.25) is 0 Å². The minimum atomic E-state index is 0.574. The Labute approximate surface area is 129 Å². The predicted molar refractivity (Wildman–Crippen MR) is 91.6 cm³/mol. The van der Waals surface area contributed by atoms with Crippen LogP contribution in [0.25, 0.3) is 21.2 Å². The van der Waals surface area contributed by atoms with Crippen molar-refractivity contribution in [3.8, 4) is 10.4 Å². The van der Waals surface area contributed by atoms with Gasteiger partial charge in [0.2, 0.25) is 0 Å². The first-order valence-electron chi connectivity index (χ1n) is 7.55. The molecule has 1 aliphatic heterocycles. The van der Waals surface area contributed by atoms with E-state index in [1.807, 2.05) is 11.3 Å². The van der Waals surface area contributed by atoms with Crippen LogP contribution in [0, 0.1) is 0 Å². The van der Waals surface area contributed by atoms with Crippen molar-refractivity contribution in [2.75, 3.05) is 0 Å². The maximum atomic E-state index is 2.56. The topological polar surface area (TPSA) is 3.24 Å². The molecule has 1 aliphatic rings. The minimum absolute atomic E-state index is 0.574. The average molecular weight is 293 g/mol. The maximum absolute atomic E-state index is 2.56. The van der Waals surface area contributed by atoms with E-state index in [9.17, 15) is 0 Å². The third kappa shape index (κ3) is 2.10. The Morgan fingerprint density at radius 3 is 2.67 bits per heavy atom. The van der Waals surface area contributed by atoms with Gasteiger partial charge < -0.3 is 0 Å². The lowest BCUT2D eigenvalue weighted by molar-refractivity contribution is 0.200. The van der Waals surface area contributed by atoms with Gasteiger partial charge in [-0.2, -0.15) is 0 Å². The standard InChI is InChI=1S/C19H19NS/c1-13(2)20-11-15-6-3-5-14-8-9-16(17(12-20)19(14)15)18-7-4-10-21-18/h3-10,13H,11-12H2,1-2H3.